The number of rotatable bonds is 4. The van der Waals surface area contributed by atoms with Crippen molar-refractivity contribution in [2.75, 3.05) is 0 Å². The van der Waals surface area contributed by atoms with Gasteiger partial charge in [-0.1, -0.05) is 23.7 Å². The number of aliphatic carboxylic acids is 1. The summed E-state index contributed by atoms with van der Waals surface area (Å²) < 4.78 is 38.6. The van der Waals surface area contributed by atoms with Gasteiger partial charge >= 0.3 is 5.97 Å². The molecule has 1 aromatic rings. The van der Waals surface area contributed by atoms with Crippen molar-refractivity contribution in [3.63, 3.8) is 0 Å². The van der Waals surface area contributed by atoms with Crippen LogP contribution in [0.1, 0.15) is 17.9 Å². The Kier molecular flexibility index (Phi) is 4.18. The van der Waals surface area contributed by atoms with Crippen LogP contribution in [-0.4, -0.2) is 17.5 Å². The van der Waals surface area contributed by atoms with E-state index in [1.807, 2.05) is 0 Å². The first-order valence-electron chi connectivity index (χ1n) is 4.37. The summed E-state index contributed by atoms with van der Waals surface area (Å²) in [6, 6.07) is 3.63. The van der Waals surface area contributed by atoms with Crippen LogP contribution in [0.5, 0.6) is 0 Å². The Balaban J connectivity index is 3.10. The Labute approximate surface area is 94.6 Å². The van der Waals surface area contributed by atoms with E-state index in [-0.39, 0.29) is 10.6 Å². The smallest absolute Gasteiger partial charge is 0.304 e. The summed E-state index contributed by atoms with van der Waals surface area (Å²) in [6.07, 6.45) is -3.79. The fourth-order valence-corrected chi connectivity index (χ4v) is 1.51. The number of carboxylic acids is 1. The molecule has 0 bridgehead atoms. The quantitative estimate of drug-likeness (QED) is 0.893. The fourth-order valence-electron chi connectivity index (χ4n) is 1.33. The van der Waals surface area contributed by atoms with Gasteiger partial charge in [0.05, 0.1) is 17.4 Å². The molecule has 0 saturated carbocycles. The lowest BCUT2D eigenvalue weighted by molar-refractivity contribution is -0.138. The van der Waals surface area contributed by atoms with Crippen molar-refractivity contribution in [2.24, 2.45) is 0 Å². The minimum atomic E-state index is -2.95. The molecule has 1 aromatic carbocycles. The molecule has 2 nitrogen and oxygen atoms in total. The topological polar surface area (TPSA) is 37.3 Å². The third-order valence-corrected chi connectivity index (χ3v) is 2.37. The molecule has 0 saturated heterocycles. The molecule has 88 valence electrons. The Morgan fingerprint density at radius 3 is 2.56 bits per heavy atom. The van der Waals surface area contributed by atoms with Gasteiger partial charge in [0, 0.05) is 0 Å². The van der Waals surface area contributed by atoms with Crippen LogP contribution in [0.3, 0.4) is 0 Å². The predicted molar refractivity (Wildman–Crippen MR) is 52.4 cm³/mol. The maximum absolute atomic E-state index is 13.4. The van der Waals surface area contributed by atoms with E-state index in [2.05, 4.69) is 0 Å². The molecule has 1 unspecified atom stereocenters. The first kappa shape index (κ1) is 12.8. The van der Waals surface area contributed by atoms with E-state index in [0.717, 1.165) is 6.07 Å². The highest BCUT2D eigenvalue weighted by atomic mass is 35.5. The van der Waals surface area contributed by atoms with Gasteiger partial charge in [-0.15, -0.1) is 0 Å². The molecular formula is C10H8ClF3O2. The maximum atomic E-state index is 13.4. The number of hydrogen-bond donors (Lipinski definition) is 1. The molecule has 0 fully saturated rings. The third-order valence-electron chi connectivity index (χ3n) is 2.08. The zero-order valence-electron chi connectivity index (χ0n) is 7.96. The van der Waals surface area contributed by atoms with E-state index in [9.17, 15) is 18.0 Å². The molecule has 1 atom stereocenters. The molecule has 0 spiro atoms. The summed E-state index contributed by atoms with van der Waals surface area (Å²) in [6.45, 7) is 0. The summed E-state index contributed by atoms with van der Waals surface area (Å²) in [5, 5.41) is 8.17. The summed E-state index contributed by atoms with van der Waals surface area (Å²) in [5.74, 6) is -4.09. The second-order valence-electron chi connectivity index (χ2n) is 3.18. The van der Waals surface area contributed by atoms with Crippen LogP contribution in [0, 0.1) is 5.82 Å². The standard InChI is InChI=1S/C10H8ClF3O2/c11-7-3-1-2-5(9(7)12)6(10(13)14)4-8(15)16/h1-3,6,10H,4H2,(H,15,16). The molecule has 6 heteroatoms. The van der Waals surface area contributed by atoms with Gasteiger partial charge in [0.15, 0.2) is 0 Å². The van der Waals surface area contributed by atoms with Crippen LogP contribution in [0.25, 0.3) is 0 Å². The van der Waals surface area contributed by atoms with Gasteiger partial charge in [0.2, 0.25) is 6.43 Å². The van der Waals surface area contributed by atoms with Crippen molar-refractivity contribution in [1.82, 2.24) is 0 Å². The Morgan fingerprint density at radius 2 is 2.06 bits per heavy atom. The molecule has 0 aliphatic carbocycles. The van der Waals surface area contributed by atoms with Gasteiger partial charge in [-0.3, -0.25) is 4.79 Å². The molecule has 0 aliphatic heterocycles. The first-order chi connectivity index (χ1) is 7.43. The Bertz CT molecular complexity index is 396. The normalized spacial score (nSPS) is 12.8. The summed E-state index contributed by atoms with van der Waals surface area (Å²) in [4.78, 5) is 10.4. The number of halogens is 4. The molecule has 1 rings (SSSR count). The van der Waals surface area contributed by atoms with E-state index < -0.39 is 30.6 Å². The predicted octanol–water partition coefficient (Wildman–Crippen LogP) is 3.30. The third kappa shape index (κ3) is 2.88. The van der Waals surface area contributed by atoms with Crippen molar-refractivity contribution in [1.29, 1.82) is 0 Å². The highest BCUT2D eigenvalue weighted by Gasteiger charge is 2.28. The lowest BCUT2D eigenvalue weighted by Gasteiger charge is -2.15. The lowest BCUT2D eigenvalue weighted by Crippen LogP contribution is -2.15. The van der Waals surface area contributed by atoms with Crippen molar-refractivity contribution in [3.05, 3.63) is 34.6 Å². The first-order valence-corrected chi connectivity index (χ1v) is 4.75. The minimum absolute atomic E-state index is 0.298. The van der Waals surface area contributed by atoms with Gasteiger partial charge in [0.1, 0.15) is 5.82 Å². The van der Waals surface area contributed by atoms with Crippen LogP contribution < -0.4 is 0 Å². The average Bonchev–Trinajstić information content (AvgIpc) is 2.18. The van der Waals surface area contributed by atoms with Crippen molar-refractivity contribution >= 4 is 17.6 Å². The minimum Gasteiger partial charge on any atom is -0.481 e. The van der Waals surface area contributed by atoms with E-state index >= 15 is 0 Å². The van der Waals surface area contributed by atoms with Crippen LogP contribution >= 0.6 is 11.6 Å². The maximum Gasteiger partial charge on any atom is 0.304 e. The number of alkyl halides is 2. The van der Waals surface area contributed by atoms with Crippen molar-refractivity contribution in [3.8, 4) is 0 Å². The van der Waals surface area contributed by atoms with Crippen LogP contribution in [0.4, 0.5) is 13.2 Å². The van der Waals surface area contributed by atoms with Crippen molar-refractivity contribution in [2.45, 2.75) is 18.8 Å². The molecule has 1 N–H and O–H groups in total. The van der Waals surface area contributed by atoms with Crippen LogP contribution in [0.2, 0.25) is 5.02 Å². The summed E-state index contributed by atoms with van der Waals surface area (Å²) in [7, 11) is 0. The highest BCUT2D eigenvalue weighted by Crippen LogP contribution is 2.31. The number of benzene rings is 1. The SMILES string of the molecule is O=C(O)CC(c1cccc(Cl)c1F)C(F)F. The second kappa shape index (κ2) is 5.21. The lowest BCUT2D eigenvalue weighted by atomic mass is 9.96. The molecule has 0 radical (unpaired) electrons. The molecule has 0 aromatic heterocycles. The number of carbonyl (C=O) groups is 1. The number of carboxylic acid groups (broad SMARTS) is 1. The van der Waals surface area contributed by atoms with E-state index in [1.54, 1.807) is 0 Å². The van der Waals surface area contributed by atoms with Gasteiger partial charge in [-0.25, -0.2) is 13.2 Å². The fraction of sp³-hybridized carbons (Fsp3) is 0.300. The van der Waals surface area contributed by atoms with E-state index in [0.29, 0.717) is 0 Å². The number of hydrogen-bond acceptors (Lipinski definition) is 1. The van der Waals surface area contributed by atoms with E-state index in [1.165, 1.54) is 12.1 Å². The highest BCUT2D eigenvalue weighted by molar-refractivity contribution is 6.30. The Morgan fingerprint density at radius 1 is 1.44 bits per heavy atom. The molecular weight excluding hydrogens is 245 g/mol. The van der Waals surface area contributed by atoms with Gasteiger partial charge in [-0.2, -0.15) is 0 Å². The van der Waals surface area contributed by atoms with Crippen molar-refractivity contribution < 1.29 is 23.1 Å². The largest absolute Gasteiger partial charge is 0.481 e. The van der Waals surface area contributed by atoms with Crippen LogP contribution in [0.15, 0.2) is 18.2 Å². The molecule has 0 amide bonds. The summed E-state index contributed by atoms with van der Waals surface area (Å²) >= 11 is 5.43. The zero-order chi connectivity index (χ0) is 12.3. The van der Waals surface area contributed by atoms with Gasteiger partial charge in [-0.05, 0) is 11.6 Å². The molecule has 0 aliphatic rings. The molecule has 0 heterocycles. The second-order valence-corrected chi connectivity index (χ2v) is 3.59. The van der Waals surface area contributed by atoms with Gasteiger partial charge < -0.3 is 5.11 Å². The monoisotopic (exact) mass is 252 g/mol. The molecule has 16 heavy (non-hydrogen) atoms. The average molecular weight is 253 g/mol. The van der Waals surface area contributed by atoms with Crippen LogP contribution in [-0.2, 0) is 4.79 Å². The van der Waals surface area contributed by atoms with E-state index in [4.69, 9.17) is 16.7 Å². The zero-order valence-corrected chi connectivity index (χ0v) is 8.72. The van der Waals surface area contributed by atoms with Gasteiger partial charge in [0.25, 0.3) is 0 Å². The summed E-state index contributed by atoms with van der Waals surface area (Å²) in [5.41, 5.74) is -0.370. The Hall–Kier alpha value is -1.23.